The van der Waals surface area contributed by atoms with Crippen molar-refractivity contribution >= 4 is 16.4 Å². The molecule has 0 aromatic heterocycles. The maximum absolute atomic E-state index is 12.1. The molecule has 10 heteroatoms. The van der Waals surface area contributed by atoms with Crippen molar-refractivity contribution in [1.29, 1.82) is 0 Å². The maximum Gasteiger partial charge on any atom is 1.00 e. The van der Waals surface area contributed by atoms with Crippen molar-refractivity contribution in [2.24, 2.45) is 22.7 Å². The predicted molar refractivity (Wildman–Crippen MR) is 100 cm³/mol. The van der Waals surface area contributed by atoms with E-state index in [2.05, 4.69) is 18.0 Å². The van der Waals surface area contributed by atoms with Crippen LogP contribution in [0.3, 0.4) is 0 Å². The first-order valence-corrected chi connectivity index (χ1v) is 11.6. The first-order valence-electron chi connectivity index (χ1n) is 10.2. The Hall–Kier alpha value is -0.000000000000000222. The molecule has 1 N–H and O–H groups in total. The van der Waals surface area contributed by atoms with Crippen molar-refractivity contribution in [3.8, 4) is 0 Å². The number of aliphatic hydroxyl groups is 1. The summed E-state index contributed by atoms with van der Waals surface area (Å²) < 4.78 is 49.4. The van der Waals surface area contributed by atoms with Crippen LogP contribution < -0.4 is 29.6 Å². The van der Waals surface area contributed by atoms with Gasteiger partial charge in [-0.25, -0.2) is 13.2 Å². The molecule has 4 aliphatic rings. The molecule has 2 saturated carbocycles. The Morgan fingerprint density at radius 3 is 2.53 bits per heavy atom. The first-order chi connectivity index (χ1) is 13.4. The van der Waals surface area contributed by atoms with Crippen LogP contribution in [-0.2, 0) is 28.9 Å². The van der Waals surface area contributed by atoms with Crippen LogP contribution in [0.1, 0.15) is 52.9 Å². The second-order valence-corrected chi connectivity index (χ2v) is 10.8. The van der Waals surface area contributed by atoms with E-state index in [9.17, 15) is 22.9 Å². The van der Waals surface area contributed by atoms with Gasteiger partial charge in [0.15, 0.2) is 0 Å². The average molecular weight is 453 g/mol. The standard InChI is InChI=1S/C20H30O8S.Na/c1-18-7-5-16(21)19(2,11-27-29(23,24)25)14(18)4-8-20(3)15(18)10-13(28-20)12-6-9-26-17(12)22;/h6,13-16,21H,4-5,7-11H2,1-3H3,(H,23,24,25);/q;+1/p-1/t13-,14+,15+,16-,18-,19+,20+;/m1./s1. The van der Waals surface area contributed by atoms with Gasteiger partial charge in [-0.05, 0) is 62.4 Å². The Morgan fingerprint density at radius 2 is 1.93 bits per heavy atom. The molecular weight excluding hydrogens is 423 g/mol. The van der Waals surface area contributed by atoms with E-state index in [-0.39, 0.29) is 72.1 Å². The van der Waals surface area contributed by atoms with Crippen molar-refractivity contribution in [2.75, 3.05) is 13.2 Å². The summed E-state index contributed by atoms with van der Waals surface area (Å²) in [7, 11) is -4.84. The van der Waals surface area contributed by atoms with Gasteiger partial charge in [0.05, 0.1) is 30.0 Å². The Bertz CT molecular complexity index is 844. The van der Waals surface area contributed by atoms with E-state index in [4.69, 9.17) is 9.47 Å². The smallest absolute Gasteiger partial charge is 0.726 e. The van der Waals surface area contributed by atoms with Crippen LogP contribution in [0.2, 0.25) is 0 Å². The molecule has 0 aromatic carbocycles. The molecule has 2 aliphatic heterocycles. The van der Waals surface area contributed by atoms with E-state index in [1.165, 1.54) is 0 Å². The number of esters is 1. The minimum absolute atomic E-state index is 0. The summed E-state index contributed by atoms with van der Waals surface area (Å²) in [4.78, 5) is 12.1. The van der Waals surface area contributed by atoms with Crippen molar-refractivity contribution in [3.63, 3.8) is 0 Å². The molecule has 0 unspecified atom stereocenters. The van der Waals surface area contributed by atoms with Crippen LogP contribution in [0.15, 0.2) is 11.6 Å². The van der Waals surface area contributed by atoms with Crippen LogP contribution in [0.4, 0.5) is 0 Å². The number of ether oxygens (including phenoxy) is 2. The fraction of sp³-hybridized carbons (Fsp3) is 0.850. The first kappa shape index (κ1) is 24.6. The Balaban J connectivity index is 0.00000256. The zero-order valence-corrected chi connectivity index (χ0v) is 20.9. The van der Waals surface area contributed by atoms with Crippen LogP contribution in [0.5, 0.6) is 0 Å². The SMILES string of the molecule is C[C@]1(COS(=O)(=O)[O-])[C@H]2CC[C@]3(C)O[C@@H](C4=CCOC4=O)C[C@H]3[C@]2(C)CC[C@H]1O.[Na+]. The van der Waals surface area contributed by atoms with E-state index in [0.717, 1.165) is 19.3 Å². The zero-order chi connectivity index (χ0) is 21.2. The molecule has 2 heterocycles. The van der Waals surface area contributed by atoms with Gasteiger partial charge in [0.1, 0.15) is 6.61 Å². The van der Waals surface area contributed by atoms with Gasteiger partial charge in [-0.3, -0.25) is 4.18 Å². The van der Waals surface area contributed by atoms with E-state index >= 15 is 0 Å². The summed E-state index contributed by atoms with van der Waals surface area (Å²) in [5.74, 6) is -0.230. The second kappa shape index (κ2) is 8.09. The van der Waals surface area contributed by atoms with E-state index in [1.54, 1.807) is 6.08 Å². The Kier molecular flexibility index (Phi) is 6.65. The van der Waals surface area contributed by atoms with Crippen LogP contribution in [0, 0.1) is 22.7 Å². The topological polar surface area (TPSA) is 122 Å². The monoisotopic (exact) mass is 452 g/mol. The van der Waals surface area contributed by atoms with Gasteiger partial charge in [-0.1, -0.05) is 13.8 Å². The number of carbonyl (C=O) groups excluding carboxylic acids is 1. The summed E-state index contributed by atoms with van der Waals surface area (Å²) in [6.07, 6.45) is 4.10. The van der Waals surface area contributed by atoms with Gasteiger partial charge in [0.25, 0.3) is 0 Å². The zero-order valence-electron chi connectivity index (χ0n) is 18.0. The molecular formula is C20H29NaO8S. The van der Waals surface area contributed by atoms with E-state index in [1.807, 2.05) is 6.92 Å². The third-order valence-electron chi connectivity index (χ3n) is 8.25. The minimum atomic E-state index is -4.84. The molecule has 0 bridgehead atoms. The second-order valence-electron chi connectivity index (χ2n) is 9.79. The van der Waals surface area contributed by atoms with Crippen molar-refractivity contribution in [1.82, 2.24) is 0 Å². The number of aliphatic hydroxyl groups excluding tert-OH is 1. The largest absolute Gasteiger partial charge is 1.00 e. The number of hydrogen-bond acceptors (Lipinski definition) is 8. The molecule has 8 nitrogen and oxygen atoms in total. The molecule has 164 valence electrons. The van der Waals surface area contributed by atoms with Gasteiger partial charge in [0, 0.05) is 5.41 Å². The Labute approximate surface area is 200 Å². The number of rotatable bonds is 4. The van der Waals surface area contributed by atoms with Crippen LogP contribution in [0.25, 0.3) is 0 Å². The molecule has 0 spiro atoms. The summed E-state index contributed by atoms with van der Waals surface area (Å²) >= 11 is 0. The van der Waals surface area contributed by atoms with Gasteiger partial charge in [-0.15, -0.1) is 0 Å². The average Bonchev–Trinajstić information content (AvgIpc) is 3.20. The normalized spacial score (nSPS) is 45.8. The predicted octanol–water partition coefficient (Wildman–Crippen LogP) is -1.31. The van der Waals surface area contributed by atoms with E-state index in [0.29, 0.717) is 18.4 Å². The van der Waals surface area contributed by atoms with Crippen molar-refractivity contribution in [3.05, 3.63) is 11.6 Å². The Morgan fingerprint density at radius 1 is 1.23 bits per heavy atom. The van der Waals surface area contributed by atoms with Crippen molar-refractivity contribution < 1.29 is 66.1 Å². The third-order valence-corrected chi connectivity index (χ3v) is 8.65. The maximum atomic E-state index is 12.1. The number of carbonyl (C=O) groups is 1. The third kappa shape index (κ3) is 3.94. The molecule has 0 aromatic rings. The van der Waals surface area contributed by atoms with E-state index < -0.39 is 27.5 Å². The fourth-order valence-corrected chi connectivity index (χ4v) is 7.18. The number of cyclic esters (lactones) is 1. The molecule has 7 atom stereocenters. The number of fused-ring (bicyclic) bond motifs is 3. The molecule has 30 heavy (non-hydrogen) atoms. The molecule has 0 radical (unpaired) electrons. The summed E-state index contributed by atoms with van der Waals surface area (Å²) in [6.45, 7) is 6.02. The summed E-state index contributed by atoms with van der Waals surface area (Å²) in [5, 5.41) is 10.8. The van der Waals surface area contributed by atoms with Gasteiger partial charge in [0.2, 0.25) is 10.4 Å². The molecule has 3 fully saturated rings. The van der Waals surface area contributed by atoms with Gasteiger partial charge >= 0.3 is 35.5 Å². The quantitative estimate of drug-likeness (QED) is 0.242. The summed E-state index contributed by atoms with van der Waals surface area (Å²) in [6, 6.07) is 0. The summed E-state index contributed by atoms with van der Waals surface area (Å²) in [5.41, 5.74) is -0.918. The molecule has 1 saturated heterocycles. The van der Waals surface area contributed by atoms with Gasteiger partial charge in [-0.2, -0.15) is 0 Å². The fourth-order valence-electron chi connectivity index (χ4n) is 6.79. The van der Waals surface area contributed by atoms with Gasteiger partial charge < -0.3 is 19.1 Å². The van der Waals surface area contributed by atoms with Crippen LogP contribution >= 0.6 is 0 Å². The minimum Gasteiger partial charge on any atom is -0.726 e. The molecule has 2 aliphatic carbocycles. The molecule has 0 amide bonds. The number of hydrogen-bond donors (Lipinski definition) is 1. The van der Waals surface area contributed by atoms with Crippen LogP contribution in [-0.4, -0.2) is 55.1 Å². The van der Waals surface area contributed by atoms with Crippen molar-refractivity contribution in [2.45, 2.75) is 70.7 Å². The molecule has 4 rings (SSSR count).